The second-order valence-electron chi connectivity index (χ2n) is 5.81. The Hall–Kier alpha value is -1.80. The topological polar surface area (TPSA) is 21.3 Å². The maximum absolute atomic E-state index is 5.90. The normalized spacial score (nSPS) is 15.9. The second-order valence-corrected chi connectivity index (χ2v) is 5.81. The van der Waals surface area contributed by atoms with Crippen LogP contribution in [0, 0.1) is 6.92 Å². The Balaban J connectivity index is 1.60. The molecule has 1 aliphatic rings. The summed E-state index contributed by atoms with van der Waals surface area (Å²) in [5.74, 6) is 1.66. The van der Waals surface area contributed by atoms with Crippen LogP contribution in [-0.4, -0.2) is 13.1 Å². The molecule has 2 aromatic carbocycles. The summed E-state index contributed by atoms with van der Waals surface area (Å²) in [6.07, 6.45) is 2.48. The maximum atomic E-state index is 5.90. The molecule has 3 rings (SSSR count). The van der Waals surface area contributed by atoms with E-state index in [-0.39, 0.29) is 0 Å². The molecule has 21 heavy (non-hydrogen) atoms. The highest BCUT2D eigenvalue weighted by Crippen LogP contribution is 2.27. The molecular formula is C19H23NO. The molecule has 2 heteroatoms. The Kier molecular flexibility index (Phi) is 4.56. The van der Waals surface area contributed by atoms with E-state index in [4.69, 9.17) is 4.74 Å². The van der Waals surface area contributed by atoms with E-state index in [0.29, 0.717) is 12.5 Å². The van der Waals surface area contributed by atoms with Crippen molar-refractivity contribution in [2.24, 2.45) is 0 Å². The minimum atomic E-state index is 0.638. The fraction of sp³-hybridized carbons (Fsp3) is 0.368. The average Bonchev–Trinajstić information content (AvgIpc) is 2.55. The van der Waals surface area contributed by atoms with Crippen LogP contribution >= 0.6 is 0 Å². The van der Waals surface area contributed by atoms with Crippen LogP contribution in [0.2, 0.25) is 0 Å². The van der Waals surface area contributed by atoms with Crippen molar-refractivity contribution in [2.75, 3.05) is 13.1 Å². The highest BCUT2D eigenvalue weighted by molar-refractivity contribution is 5.31. The van der Waals surface area contributed by atoms with Gasteiger partial charge in [-0.2, -0.15) is 0 Å². The number of benzene rings is 2. The van der Waals surface area contributed by atoms with Crippen LogP contribution in [0.5, 0.6) is 5.75 Å². The molecule has 0 saturated carbocycles. The molecule has 0 bridgehead atoms. The van der Waals surface area contributed by atoms with E-state index in [9.17, 15) is 0 Å². The van der Waals surface area contributed by atoms with E-state index in [2.05, 4.69) is 60.8 Å². The lowest BCUT2D eigenvalue weighted by molar-refractivity contribution is 0.305. The third-order valence-electron chi connectivity index (χ3n) is 4.35. The summed E-state index contributed by atoms with van der Waals surface area (Å²) in [6.45, 7) is 5.03. The molecule has 0 radical (unpaired) electrons. The zero-order chi connectivity index (χ0) is 14.5. The van der Waals surface area contributed by atoms with E-state index in [0.717, 1.165) is 18.8 Å². The van der Waals surface area contributed by atoms with Gasteiger partial charge in [0.1, 0.15) is 12.4 Å². The van der Waals surface area contributed by atoms with Crippen molar-refractivity contribution in [3.05, 3.63) is 65.2 Å². The molecular weight excluding hydrogens is 258 g/mol. The second kappa shape index (κ2) is 6.77. The quantitative estimate of drug-likeness (QED) is 0.913. The first-order valence-corrected chi connectivity index (χ1v) is 7.81. The van der Waals surface area contributed by atoms with Crippen LogP contribution in [0.3, 0.4) is 0 Å². The highest BCUT2D eigenvalue weighted by Gasteiger charge is 2.14. The number of hydrogen-bond donors (Lipinski definition) is 1. The van der Waals surface area contributed by atoms with Gasteiger partial charge in [-0.15, -0.1) is 0 Å². The van der Waals surface area contributed by atoms with Gasteiger partial charge in [-0.3, -0.25) is 0 Å². The summed E-state index contributed by atoms with van der Waals surface area (Å²) < 4.78 is 5.90. The van der Waals surface area contributed by atoms with Crippen LogP contribution in [0.4, 0.5) is 0 Å². The van der Waals surface area contributed by atoms with Crippen LogP contribution in [0.25, 0.3) is 0 Å². The van der Waals surface area contributed by atoms with Gasteiger partial charge in [0.15, 0.2) is 0 Å². The summed E-state index contributed by atoms with van der Waals surface area (Å²) >= 11 is 0. The Labute approximate surface area is 127 Å². The molecule has 0 aromatic heterocycles. The van der Waals surface area contributed by atoms with Gasteiger partial charge in [-0.1, -0.05) is 36.4 Å². The fourth-order valence-corrected chi connectivity index (χ4v) is 2.92. The lowest BCUT2D eigenvalue weighted by Gasteiger charge is -2.23. The zero-order valence-corrected chi connectivity index (χ0v) is 12.6. The first kappa shape index (κ1) is 14.2. The molecule has 2 aromatic rings. The molecule has 0 unspecified atom stereocenters. The summed E-state index contributed by atoms with van der Waals surface area (Å²) in [4.78, 5) is 0. The fourth-order valence-electron chi connectivity index (χ4n) is 2.92. The Morgan fingerprint density at radius 2 is 1.71 bits per heavy atom. The van der Waals surface area contributed by atoms with E-state index in [1.54, 1.807) is 0 Å². The van der Waals surface area contributed by atoms with Crippen molar-refractivity contribution in [3.8, 4) is 5.75 Å². The number of aryl methyl sites for hydroxylation is 1. The number of nitrogens with one attached hydrogen (secondary N) is 1. The molecule has 0 spiro atoms. The molecule has 1 saturated heterocycles. The monoisotopic (exact) mass is 281 g/mol. The predicted octanol–water partition coefficient (Wildman–Crippen LogP) is 4.04. The summed E-state index contributed by atoms with van der Waals surface area (Å²) in [5.41, 5.74) is 3.98. The van der Waals surface area contributed by atoms with Gasteiger partial charge in [-0.05, 0) is 67.6 Å². The number of ether oxygens (including phenoxy) is 1. The van der Waals surface area contributed by atoms with Crippen molar-refractivity contribution < 1.29 is 4.74 Å². The van der Waals surface area contributed by atoms with Crippen molar-refractivity contribution >= 4 is 0 Å². The number of hydrogen-bond acceptors (Lipinski definition) is 2. The van der Waals surface area contributed by atoms with Crippen molar-refractivity contribution in [1.82, 2.24) is 5.32 Å². The van der Waals surface area contributed by atoms with Crippen LogP contribution in [0.15, 0.2) is 48.5 Å². The van der Waals surface area contributed by atoms with E-state index >= 15 is 0 Å². The minimum Gasteiger partial charge on any atom is -0.489 e. The Bertz CT molecular complexity index is 570. The van der Waals surface area contributed by atoms with Crippen LogP contribution < -0.4 is 10.1 Å². The summed E-state index contributed by atoms with van der Waals surface area (Å²) in [7, 11) is 0. The van der Waals surface area contributed by atoms with Crippen molar-refractivity contribution in [1.29, 1.82) is 0 Å². The van der Waals surface area contributed by atoms with Gasteiger partial charge in [0.25, 0.3) is 0 Å². The van der Waals surface area contributed by atoms with Gasteiger partial charge in [-0.25, -0.2) is 0 Å². The number of piperidine rings is 1. The zero-order valence-electron chi connectivity index (χ0n) is 12.6. The van der Waals surface area contributed by atoms with Gasteiger partial charge < -0.3 is 10.1 Å². The molecule has 0 atom stereocenters. The van der Waals surface area contributed by atoms with Gasteiger partial charge >= 0.3 is 0 Å². The SMILES string of the molecule is Cc1ccccc1COc1ccc(C2CCNCC2)cc1. The summed E-state index contributed by atoms with van der Waals surface area (Å²) in [5, 5.41) is 3.41. The lowest BCUT2D eigenvalue weighted by Crippen LogP contribution is -2.26. The molecule has 1 heterocycles. The number of rotatable bonds is 4. The smallest absolute Gasteiger partial charge is 0.119 e. The van der Waals surface area contributed by atoms with Gasteiger partial charge in [0.2, 0.25) is 0 Å². The Morgan fingerprint density at radius 1 is 1.00 bits per heavy atom. The van der Waals surface area contributed by atoms with E-state index in [1.807, 2.05) is 0 Å². The third-order valence-corrected chi connectivity index (χ3v) is 4.35. The molecule has 1 aliphatic heterocycles. The molecule has 2 nitrogen and oxygen atoms in total. The standard InChI is InChI=1S/C19H23NO/c1-15-4-2-3-5-18(15)14-21-19-8-6-16(7-9-19)17-10-12-20-13-11-17/h2-9,17,20H,10-14H2,1H3. The van der Waals surface area contributed by atoms with E-state index < -0.39 is 0 Å². The van der Waals surface area contributed by atoms with Crippen molar-refractivity contribution in [2.45, 2.75) is 32.3 Å². The Morgan fingerprint density at radius 3 is 2.43 bits per heavy atom. The van der Waals surface area contributed by atoms with Gasteiger partial charge in [0, 0.05) is 0 Å². The highest BCUT2D eigenvalue weighted by atomic mass is 16.5. The molecule has 0 amide bonds. The molecule has 0 aliphatic carbocycles. The summed E-state index contributed by atoms with van der Waals surface area (Å²) in [6, 6.07) is 17.0. The van der Waals surface area contributed by atoms with Crippen molar-refractivity contribution in [3.63, 3.8) is 0 Å². The van der Waals surface area contributed by atoms with Gasteiger partial charge in [0.05, 0.1) is 0 Å². The third kappa shape index (κ3) is 3.64. The van der Waals surface area contributed by atoms with Crippen LogP contribution in [0.1, 0.15) is 35.4 Å². The largest absolute Gasteiger partial charge is 0.489 e. The minimum absolute atomic E-state index is 0.638. The first-order valence-electron chi connectivity index (χ1n) is 7.81. The van der Waals surface area contributed by atoms with Crippen LogP contribution in [-0.2, 0) is 6.61 Å². The first-order chi connectivity index (χ1) is 10.3. The van der Waals surface area contributed by atoms with E-state index in [1.165, 1.54) is 29.5 Å². The molecule has 1 fully saturated rings. The maximum Gasteiger partial charge on any atom is 0.119 e. The predicted molar refractivity (Wildman–Crippen MR) is 86.8 cm³/mol. The average molecular weight is 281 g/mol. The molecule has 1 N–H and O–H groups in total. The molecule has 110 valence electrons. The lowest BCUT2D eigenvalue weighted by atomic mass is 9.90.